The van der Waals surface area contributed by atoms with Gasteiger partial charge in [-0.25, -0.2) is 4.98 Å². The van der Waals surface area contributed by atoms with Crippen molar-refractivity contribution in [2.45, 2.75) is 44.3 Å². The number of aromatic nitrogens is 3. The minimum atomic E-state index is -0.00948. The summed E-state index contributed by atoms with van der Waals surface area (Å²) in [6.45, 7) is 9.40. The first kappa shape index (κ1) is 17.5. The van der Waals surface area contributed by atoms with Crippen LogP contribution in [0.1, 0.15) is 27.5 Å². The van der Waals surface area contributed by atoms with Gasteiger partial charge in [-0.1, -0.05) is 23.0 Å². The lowest BCUT2D eigenvalue weighted by Gasteiger charge is -2.12. The molecule has 1 aliphatic heterocycles. The second-order valence-electron chi connectivity index (χ2n) is 6.18. The van der Waals surface area contributed by atoms with Gasteiger partial charge < -0.3 is 9.26 Å². The summed E-state index contributed by atoms with van der Waals surface area (Å²) in [5, 5.41) is 5.57. The second-order valence-corrected chi connectivity index (χ2v) is 8.33. The quantitative estimate of drug-likeness (QED) is 0.377. The summed E-state index contributed by atoms with van der Waals surface area (Å²) in [5.74, 6) is 1.49. The minimum absolute atomic E-state index is 0.00948. The minimum Gasteiger partial charge on any atom is -0.376 e. The largest absolute Gasteiger partial charge is 0.376 e. The van der Waals surface area contributed by atoms with Crippen LogP contribution in [0.2, 0.25) is 0 Å². The summed E-state index contributed by atoms with van der Waals surface area (Å²) < 4.78 is 12.6. The molecule has 0 aromatic carbocycles. The van der Waals surface area contributed by atoms with E-state index in [4.69, 9.17) is 14.2 Å². The monoisotopic (exact) mass is 389 g/mol. The van der Waals surface area contributed by atoms with E-state index in [2.05, 4.69) is 11.7 Å². The van der Waals surface area contributed by atoms with Crippen LogP contribution in [0.15, 0.2) is 27.1 Å². The number of rotatable bonds is 5. The van der Waals surface area contributed by atoms with Crippen molar-refractivity contribution < 1.29 is 9.26 Å². The van der Waals surface area contributed by atoms with Crippen LogP contribution in [-0.4, -0.2) is 21.3 Å². The number of nitrogens with zero attached hydrogens (tertiary/aromatic N) is 3. The first-order valence-electron chi connectivity index (χ1n) is 8.38. The number of allylic oxidation sites excluding steroid dienone is 1. The van der Waals surface area contributed by atoms with Crippen LogP contribution in [-0.2, 0) is 30.1 Å². The Bertz CT molecular complexity index is 1050. The molecule has 136 valence electrons. The van der Waals surface area contributed by atoms with Gasteiger partial charge >= 0.3 is 0 Å². The maximum Gasteiger partial charge on any atom is 0.263 e. The first-order valence-corrected chi connectivity index (χ1v) is 10.2. The van der Waals surface area contributed by atoms with E-state index in [9.17, 15) is 4.79 Å². The van der Waals surface area contributed by atoms with Crippen molar-refractivity contribution in [3.8, 4) is 0 Å². The van der Waals surface area contributed by atoms with Crippen molar-refractivity contribution in [2.75, 3.05) is 6.61 Å². The molecule has 0 spiro atoms. The highest BCUT2D eigenvalue weighted by atomic mass is 32.2. The van der Waals surface area contributed by atoms with E-state index in [0.29, 0.717) is 36.1 Å². The van der Waals surface area contributed by atoms with Gasteiger partial charge in [0.25, 0.3) is 5.56 Å². The van der Waals surface area contributed by atoms with Gasteiger partial charge in [0.15, 0.2) is 5.16 Å². The molecule has 0 radical (unpaired) electrons. The Morgan fingerprint density at radius 3 is 3.08 bits per heavy atom. The van der Waals surface area contributed by atoms with E-state index in [1.807, 2.05) is 13.8 Å². The Hall–Kier alpha value is -1.90. The smallest absolute Gasteiger partial charge is 0.263 e. The molecular formula is C18H19N3O3S2. The molecule has 0 saturated carbocycles. The molecule has 3 aromatic heterocycles. The van der Waals surface area contributed by atoms with Crippen LogP contribution in [0.5, 0.6) is 0 Å². The summed E-state index contributed by atoms with van der Waals surface area (Å²) in [6, 6.07) is 0. The lowest BCUT2D eigenvalue weighted by molar-refractivity contribution is 0.102. The molecule has 4 rings (SSSR count). The summed E-state index contributed by atoms with van der Waals surface area (Å²) in [4.78, 5) is 19.7. The van der Waals surface area contributed by atoms with Crippen LogP contribution in [0.3, 0.4) is 0 Å². The number of ether oxygens (including phenoxy) is 1. The number of thioether (sulfide) groups is 1. The number of aryl methyl sites for hydroxylation is 2. The summed E-state index contributed by atoms with van der Waals surface area (Å²) in [5.41, 5.74) is 2.90. The first-order chi connectivity index (χ1) is 12.6. The fraction of sp³-hybridized carbons (Fsp3) is 0.389. The molecule has 6 nitrogen and oxygen atoms in total. The van der Waals surface area contributed by atoms with Gasteiger partial charge in [0.2, 0.25) is 0 Å². The predicted octanol–water partition coefficient (Wildman–Crippen LogP) is 3.61. The van der Waals surface area contributed by atoms with E-state index in [0.717, 1.165) is 38.7 Å². The molecule has 3 aromatic rings. The van der Waals surface area contributed by atoms with Crippen LogP contribution >= 0.6 is 23.1 Å². The van der Waals surface area contributed by atoms with E-state index in [-0.39, 0.29) is 5.56 Å². The lowest BCUT2D eigenvalue weighted by Crippen LogP contribution is -2.22. The molecule has 0 atom stereocenters. The Morgan fingerprint density at radius 2 is 2.27 bits per heavy atom. The molecule has 0 amide bonds. The molecule has 0 aliphatic carbocycles. The van der Waals surface area contributed by atoms with Crippen molar-refractivity contribution in [2.24, 2.45) is 0 Å². The fourth-order valence-corrected chi connectivity index (χ4v) is 5.08. The normalized spacial score (nSPS) is 13.9. The zero-order chi connectivity index (χ0) is 18.3. The zero-order valence-electron chi connectivity index (χ0n) is 14.7. The molecule has 1 aliphatic rings. The highest BCUT2D eigenvalue weighted by Crippen LogP contribution is 2.30. The van der Waals surface area contributed by atoms with Gasteiger partial charge in [-0.2, -0.15) is 0 Å². The van der Waals surface area contributed by atoms with Crippen LogP contribution in [0.4, 0.5) is 0 Å². The van der Waals surface area contributed by atoms with Gasteiger partial charge in [0.1, 0.15) is 10.6 Å². The van der Waals surface area contributed by atoms with Crippen LogP contribution in [0.25, 0.3) is 10.2 Å². The SMILES string of the molecule is C=CCn1c(SCc2noc3c2COCC3)nc2sc(C)c(C)c2c1=O. The molecular weight excluding hydrogens is 370 g/mol. The lowest BCUT2D eigenvalue weighted by atomic mass is 10.1. The molecule has 0 fully saturated rings. The third-order valence-electron chi connectivity index (χ3n) is 4.57. The van der Waals surface area contributed by atoms with Crippen LogP contribution < -0.4 is 5.56 Å². The Balaban J connectivity index is 1.71. The van der Waals surface area contributed by atoms with E-state index >= 15 is 0 Å². The number of hydrogen-bond acceptors (Lipinski definition) is 7. The van der Waals surface area contributed by atoms with E-state index in [1.165, 1.54) is 11.8 Å². The standard InChI is InChI=1S/C18H19N3O3S2/c1-4-6-21-17(22)15-10(2)11(3)26-16(15)19-18(21)25-9-13-12-8-23-7-5-14(12)24-20-13/h4H,1,5-9H2,2-3H3. The molecule has 26 heavy (non-hydrogen) atoms. The summed E-state index contributed by atoms with van der Waals surface area (Å²) in [6.07, 6.45) is 2.48. The molecule has 4 heterocycles. The van der Waals surface area contributed by atoms with Gasteiger partial charge in [-0.05, 0) is 19.4 Å². The fourth-order valence-electron chi connectivity index (χ4n) is 3.04. The van der Waals surface area contributed by atoms with Crippen molar-refractivity contribution in [1.29, 1.82) is 0 Å². The molecule has 8 heteroatoms. The number of thiophene rings is 1. The predicted molar refractivity (Wildman–Crippen MR) is 103 cm³/mol. The highest BCUT2D eigenvalue weighted by molar-refractivity contribution is 7.98. The third-order valence-corrected chi connectivity index (χ3v) is 6.66. The average Bonchev–Trinajstić information content (AvgIpc) is 3.17. The maximum atomic E-state index is 13.0. The molecule has 0 N–H and O–H groups in total. The molecule has 0 unspecified atom stereocenters. The van der Waals surface area contributed by atoms with E-state index in [1.54, 1.807) is 22.0 Å². The van der Waals surface area contributed by atoms with Gasteiger partial charge in [-0.15, -0.1) is 17.9 Å². The van der Waals surface area contributed by atoms with Gasteiger partial charge in [-0.3, -0.25) is 9.36 Å². The Kier molecular flexibility index (Phi) is 4.73. The highest BCUT2D eigenvalue weighted by Gasteiger charge is 2.21. The number of fused-ring (bicyclic) bond motifs is 2. The topological polar surface area (TPSA) is 70.2 Å². The Labute approximate surface area is 158 Å². The second kappa shape index (κ2) is 7.02. The van der Waals surface area contributed by atoms with Crippen molar-refractivity contribution in [1.82, 2.24) is 14.7 Å². The molecule has 0 bridgehead atoms. The average molecular weight is 390 g/mol. The number of hydrogen-bond donors (Lipinski definition) is 0. The third kappa shape index (κ3) is 2.91. The van der Waals surface area contributed by atoms with Gasteiger partial charge in [0.05, 0.1) is 24.3 Å². The van der Waals surface area contributed by atoms with Crippen molar-refractivity contribution in [3.63, 3.8) is 0 Å². The van der Waals surface area contributed by atoms with Gasteiger partial charge in [0, 0.05) is 29.2 Å². The van der Waals surface area contributed by atoms with Crippen molar-refractivity contribution in [3.05, 3.63) is 50.5 Å². The molecule has 0 saturated heterocycles. The Morgan fingerprint density at radius 1 is 1.42 bits per heavy atom. The van der Waals surface area contributed by atoms with Crippen LogP contribution in [0, 0.1) is 13.8 Å². The van der Waals surface area contributed by atoms with E-state index < -0.39 is 0 Å². The zero-order valence-corrected chi connectivity index (χ0v) is 16.3. The summed E-state index contributed by atoms with van der Waals surface area (Å²) in [7, 11) is 0. The van der Waals surface area contributed by atoms with Crippen molar-refractivity contribution >= 4 is 33.3 Å². The summed E-state index contributed by atoms with van der Waals surface area (Å²) >= 11 is 3.06. The maximum absolute atomic E-state index is 13.0.